The summed E-state index contributed by atoms with van der Waals surface area (Å²) >= 11 is 0. The predicted molar refractivity (Wildman–Crippen MR) is 69.6 cm³/mol. The van der Waals surface area contributed by atoms with E-state index in [1.807, 2.05) is 19.0 Å². The molecule has 0 rings (SSSR count). The van der Waals surface area contributed by atoms with E-state index >= 15 is 0 Å². The number of hydrogen-bond acceptors (Lipinski definition) is 4. The van der Waals surface area contributed by atoms with E-state index in [0.29, 0.717) is 6.54 Å². The molecule has 0 aromatic heterocycles. The van der Waals surface area contributed by atoms with Crippen molar-refractivity contribution in [3.63, 3.8) is 0 Å². The van der Waals surface area contributed by atoms with Crippen LogP contribution in [0.5, 0.6) is 0 Å². The van der Waals surface area contributed by atoms with E-state index in [4.69, 9.17) is 10.8 Å². The summed E-state index contributed by atoms with van der Waals surface area (Å²) in [5.41, 5.74) is 4.92. The molecule has 1 atom stereocenters. The fourth-order valence-corrected chi connectivity index (χ4v) is 1.39. The minimum Gasteiger partial charge on any atom is -0.480 e. The number of carbonyl (C=O) groups is 3. The highest BCUT2D eigenvalue weighted by molar-refractivity contribution is 5.87. The lowest BCUT2D eigenvalue weighted by atomic mass is 10.2. The van der Waals surface area contributed by atoms with Gasteiger partial charge >= 0.3 is 12.0 Å². The van der Waals surface area contributed by atoms with Crippen LogP contribution >= 0.6 is 0 Å². The van der Waals surface area contributed by atoms with Crippen LogP contribution in [0.25, 0.3) is 0 Å². The monoisotopic (exact) mass is 274 g/mol. The number of nitrogens with zero attached hydrogens (tertiary/aromatic N) is 2. The van der Waals surface area contributed by atoms with Gasteiger partial charge in [0.1, 0.15) is 6.04 Å². The minimum atomic E-state index is -1.29. The van der Waals surface area contributed by atoms with Gasteiger partial charge in [-0.05, 0) is 27.1 Å². The van der Waals surface area contributed by atoms with Gasteiger partial charge in [0.15, 0.2) is 0 Å². The highest BCUT2D eigenvalue weighted by Crippen LogP contribution is 1.96. The minimum absolute atomic E-state index is 0.424. The number of hydrogen-bond donors (Lipinski definition) is 3. The van der Waals surface area contributed by atoms with Crippen molar-refractivity contribution in [2.24, 2.45) is 5.73 Å². The van der Waals surface area contributed by atoms with Gasteiger partial charge in [0, 0.05) is 13.6 Å². The number of primary amides is 1. The molecule has 0 bridgehead atoms. The summed E-state index contributed by atoms with van der Waals surface area (Å²) < 4.78 is 0. The summed E-state index contributed by atoms with van der Waals surface area (Å²) in [6.45, 7) is 1.31. The molecular formula is C11H22N4O4. The van der Waals surface area contributed by atoms with Gasteiger partial charge in [-0.25, -0.2) is 9.59 Å². The van der Waals surface area contributed by atoms with Crippen LogP contribution in [0.2, 0.25) is 0 Å². The van der Waals surface area contributed by atoms with E-state index in [-0.39, 0.29) is 0 Å². The number of nitrogens with one attached hydrogen (secondary N) is 1. The Morgan fingerprint density at radius 2 is 1.79 bits per heavy atom. The van der Waals surface area contributed by atoms with Gasteiger partial charge in [-0.3, -0.25) is 4.79 Å². The molecule has 0 saturated carbocycles. The molecule has 3 amide bonds. The van der Waals surface area contributed by atoms with Gasteiger partial charge in [-0.1, -0.05) is 0 Å². The number of aliphatic carboxylic acids is 1. The van der Waals surface area contributed by atoms with Gasteiger partial charge in [0.05, 0.1) is 6.42 Å². The summed E-state index contributed by atoms with van der Waals surface area (Å²) in [5, 5.41) is 11.1. The molecular weight excluding hydrogens is 252 g/mol. The smallest absolute Gasteiger partial charge is 0.326 e. The third-order valence-corrected chi connectivity index (χ3v) is 2.45. The first-order valence-corrected chi connectivity index (χ1v) is 5.91. The molecule has 0 fully saturated rings. The Balaban J connectivity index is 4.23. The topological polar surface area (TPSA) is 116 Å². The SMILES string of the molecule is CN(C)CCCN(C)C(=O)N[C@@H](CC(N)=O)C(=O)O. The van der Waals surface area contributed by atoms with Crippen molar-refractivity contribution in [2.45, 2.75) is 18.9 Å². The molecule has 0 aliphatic rings. The zero-order valence-electron chi connectivity index (χ0n) is 11.5. The lowest BCUT2D eigenvalue weighted by molar-refractivity contribution is -0.140. The molecule has 0 heterocycles. The fraction of sp³-hybridized carbons (Fsp3) is 0.727. The van der Waals surface area contributed by atoms with E-state index in [2.05, 4.69) is 5.32 Å². The number of urea groups is 1. The van der Waals surface area contributed by atoms with Crippen LogP contribution in [0.1, 0.15) is 12.8 Å². The number of rotatable bonds is 8. The third-order valence-electron chi connectivity index (χ3n) is 2.45. The lowest BCUT2D eigenvalue weighted by Crippen LogP contribution is -2.48. The van der Waals surface area contributed by atoms with Crippen molar-refractivity contribution in [1.82, 2.24) is 15.1 Å². The summed E-state index contributed by atoms with van der Waals surface area (Å²) in [7, 11) is 5.41. The van der Waals surface area contributed by atoms with Crippen LogP contribution in [-0.2, 0) is 9.59 Å². The van der Waals surface area contributed by atoms with Crippen molar-refractivity contribution in [1.29, 1.82) is 0 Å². The number of amides is 3. The maximum atomic E-state index is 11.7. The normalized spacial score (nSPS) is 12.0. The summed E-state index contributed by atoms with van der Waals surface area (Å²) in [6.07, 6.45) is 0.344. The maximum Gasteiger partial charge on any atom is 0.326 e. The third kappa shape index (κ3) is 7.98. The van der Waals surface area contributed by atoms with E-state index in [1.165, 1.54) is 4.90 Å². The second-order valence-corrected chi connectivity index (χ2v) is 4.59. The van der Waals surface area contributed by atoms with E-state index in [0.717, 1.165) is 13.0 Å². The van der Waals surface area contributed by atoms with E-state index < -0.39 is 30.4 Å². The fourth-order valence-electron chi connectivity index (χ4n) is 1.39. The summed E-state index contributed by atoms with van der Waals surface area (Å²) in [4.78, 5) is 36.6. The Labute approximate surface area is 112 Å². The van der Waals surface area contributed by atoms with Crippen molar-refractivity contribution < 1.29 is 19.5 Å². The average Bonchev–Trinajstić information content (AvgIpc) is 2.26. The second kappa shape index (κ2) is 8.30. The first-order valence-electron chi connectivity index (χ1n) is 5.91. The molecule has 8 nitrogen and oxygen atoms in total. The van der Waals surface area contributed by atoms with Crippen LogP contribution < -0.4 is 11.1 Å². The van der Waals surface area contributed by atoms with Crippen molar-refractivity contribution >= 4 is 17.9 Å². The van der Waals surface area contributed by atoms with Crippen LogP contribution in [0, 0.1) is 0 Å². The van der Waals surface area contributed by atoms with Crippen molar-refractivity contribution in [3.8, 4) is 0 Å². The van der Waals surface area contributed by atoms with Crippen LogP contribution in [0.3, 0.4) is 0 Å². The molecule has 0 aromatic carbocycles. The van der Waals surface area contributed by atoms with Gasteiger partial charge in [-0.2, -0.15) is 0 Å². The predicted octanol–water partition coefficient (Wildman–Crippen LogP) is -1.09. The molecule has 4 N–H and O–H groups in total. The Morgan fingerprint density at radius 1 is 1.21 bits per heavy atom. The van der Waals surface area contributed by atoms with Crippen LogP contribution in [0.4, 0.5) is 4.79 Å². The Bertz CT molecular complexity index is 333. The largest absolute Gasteiger partial charge is 0.480 e. The highest BCUT2D eigenvalue weighted by Gasteiger charge is 2.23. The van der Waals surface area contributed by atoms with Crippen molar-refractivity contribution in [3.05, 3.63) is 0 Å². The molecule has 19 heavy (non-hydrogen) atoms. The average molecular weight is 274 g/mol. The van der Waals surface area contributed by atoms with Gasteiger partial charge in [-0.15, -0.1) is 0 Å². The summed E-state index contributed by atoms with van der Waals surface area (Å²) in [5.74, 6) is -2.06. The Morgan fingerprint density at radius 3 is 2.21 bits per heavy atom. The highest BCUT2D eigenvalue weighted by atomic mass is 16.4. The molecule has 0 aliphatic carbocycles. The number of carboxylic acids is 1. The first-order chi connectivity index (χ1) is 8.73. The summed E-state index contributed by atoms with van der Waals surface area (Å²) in [6, 6.07) is -1.83. The first kappa shape index (κ1) is 17.2. The molecule has 0 saturated heterocycles. The molecule has 8 heteroatoms. The number of carbonyl (C=O) groups excluding carboxylic acids is 2. The lowest BCUT2D eigenvalue weighted by Gasteiger charge is -2.21. The molecule has 0 unspecified atom stereocenters. The Hall–Kier alpha value is -1.83. The van der Waals surface area contributed by atoms with Gasteiger partial charge in [0.2, 0.25) is 5.91 Å². The maximum absolute atomic E-state index is 11.7. The van der Waals surface area contributed by atoms with E-state index in [1.54, 1.807) is 7.05 Å². The molecule has 0 aromatic rings. The quantitative estimate of drug-likeness (QED) is 0.520. The van der Waals surface area contributed by atoms with Crippen LogP contribution in [0.15, 0.2) is 0 Å². The molecule has 0 aliphatic heterocycles. The number of nitrogens with two attached hydrogens (primary N) is 1. The molecule has 0 spiro atoms. The van der Waals surface area contributed by atoms with E-state index in [9.17, 15) is 14.4 Å². The molecule has 0 radical (unpaired) electrons. The second-order valence-electron chi connectivity index (χ2n) is 4.59. The number of carboxylic acid groups (broad SMARTS) is 1. The van der Waals surface area contributed by atoms with Gasteiger partial charge in [0.25, 0.3) is 0 Å². The Kier molecular flexibility index (Phi) is 7.50. The zero-order valence-corrected chi connectivity index (χ0v) is 11.5. The van der Waals surface area contributed by atoms with Crippen LogP contribution in [-0.4, -0.2) is 73.1 Å². The zero-order chi connectivity index (χ0) is 15.0. The van der Waals surface area contributed by atoms with Gasteiger partial charge < -0.3 is 26.0 Å². The van der Waals surface area contributed by atoms with Crippen molar-refractivity contribution in [2.75, 3.05) is 34.2 Å². The molecule has 110 valence electrons. The standard InChI is InChI=1S/C11H22N4O4/c1-14(2)5-4-6-15(3)11(19)13-8(10(17)18)7-9(12)16/h8H,4-7H2,1-3H3,(H2,12,16)(H,13,19)(H,17,18)/t8-/m0/s1.